The van der Waals surface area contributed by atoms with Crippen LogP contribution in [0.25, 0.3) is 0 Å². The van der Waals surface area contributed by atoms with Crippen molar-refractivity contribution >= 4 is 29.2 Å². The van der Waals surface area contributed by atoms with Crippen molar-refractivity contribution in [2.75, 3.05) is 17.2 Å². The highest BCUT2D eigenvalue weighted by molar-refractivity contribution is 6.09. The summed E-state index contributed by atoms with van der Waals surface area (Å²) in [4.78, 5) is 45.6. The number of anilines is 2. The number of fused-ring (bicyclic) bond motifs is 1. The number of aromatic nitrogens is 1. The first-order valence-corrected chi connectivity index (χ1v) is 10.7. The van der Waals surface area contributed by atoms with Gasteiger partial charge in [0.1, 0.15) is 17.9 Å². The number of rotatable bonds is 8. The molecule has 0 bridgehead atoms. The maximum atomic E-state index is 13.8. The van der Waals surface area contributed by atoms with E-state index in [1.807, 2.05) is 12.1 Å². The van der Waals surface area contributed by atoms with Crippen molar-refractivity contribution in [2.24, 2.45) is 5.92 Å². The van der Waals surface area contributed by atoms with Crippen LogP contribution in [0, 0.1) is 5.92 Å². The Morgan fingerprint density at radius 1 is 1.19 bits per heavy atom. The Hall–Kier alpha value is -3.26. The van der Waals surface area contributed by atoms with Crippen LogP contribution in [0.1, 0.15) is 36.9 Å². The van der Waals surface area contributed by atoms with Crippen molar-refractivity contribution in [1.82, 2.24) is 15.6 Å². The van der Waals surface area contributed by atoms with E-state index in [1.165, 1.54) is 4.90 Å². The summed E-state index contributed by atoms with van der Waals surface area (Å²) in [7, 11) is 0. The smallest absolute Gasteiger partial charge is 0.251 e. The van der Waals surface area contributed by atoms with Gasteiger partial charge in [-0.1, -0.05) is 45.0 Å². The van der Waals surface area contributed by atoms with E-state index in [1.54, 1.807) is 57.3 Å². The normalized spacial score (nSPS) is 18.7. The van der Waals surface area contributed by atoms with Crippen LogP contribution >= 0.6 is 0 Å². The van der Waals surface area contributed by atoms with Crippen molar-refractivity contribution in [3.8, 4) is 0 Å². The monoisotopic (exact) mass is 440 g/mol. The lowest BCUT2D eigenvalue weighted by Gasteiger charge is -2.31. The molecule has 0 aliphatic carbocycles. The van der Waals surface area contributed by atoms with Gasteiger partial charge in [-0.15, -0.1) is 0 Å². The highest BCUT2D eigenvalue weighted by Gasteiger charge is 2.43. The van der Waals surface area contributed by atoms with Crippen molar-refractivity contribution in [1.29, 1.82) is 0 Å². The minimum Gasteiger partial charge on any atom is -0.343 e. The molecule has 170 valence electrons. The second kappa shape index (κ2) is 10.4. The summed E-state index contributed by atoms with van der Waals surface area (Å²) in [6.07, 6.45) is 2.05. The zero-order chi connectivity index (χ0) is 25.8. The van der Waals surface area contributed by atoms with Crippen LogP contribution in [0.5, 0.6) is 0 Å². The van der Waals surface area contributed by atoms with Crippen LogP contribution < -0.4 is 20.9 Å². The molecule has 1 aliphatic heterocycles. The Balaban J connectivity index is 1.87. The van der Waals surface area contributed by atoms with Gasteiger partial charge in [-0.25, -0.2) is 4.98 Å². The Morgan fingerprint density at radius 2 is 1.94 bits per heavy atom. The third kappa shape index (κ3) is 4.96. The van der Waals surface area contributed by atoms with Crippen LogP contribution in [0.2, 0.25) is 0 Å². The SMILES string of the molecule is [2H]C([2H])([2H])N[C@@H](CC)C(=O)N[C@H](C(=O)N1c2ncccc2C[C@H]1C(=O)Nc1ccccc1)C(C)C. The molecule has 3 atom stereocenters. The van der Waals surface area contributed by atoms with Crippen LogP contribution in [0.3, 0.4) is 0 Å². The van der Waals surface area contributed by atoms with Crippen molar-refractivity contribution in [3.05, 3.63) is 54.2 Å². The topological polar surface area (TPSA) is 103 Å². The summed E-state index contributed by atoms with van der Waals surface area (Å²) >= 11 is 0. The largest absolute Gasteiger partial charge is 0.343 e. The number of carbonyl (C=O) groups excluding carboxylic acids is 3. The fourth-order valence-corrected chi connectivity index (χ4v) is 3.74. The lowest BCUT2D eigenvalue weighted by molar-refractivity contribution is -0.130. The molecule has 1 aliphatic rings. The minimum absolute atomic E-state index is 0.222. The van der Waals surface area contributed by atoms with Crippen LogP contribution in [0.15, 0.2) is 48.7 Å². The zero-order valence-corrected chi connectivity index (χ0v) is 18.5. The average molecular weight is 441 g/mol. The van der Waals surface area contributed by atoms with E-state index in [0.29, 0.717) is 11.5 Å². The fourth-order valence-electron chi connectivity index (χ4n) is 3.74. The van der Waals surface area contributed by atoms with Crippen LogP contribution in [0.4, 0.5) is 11.5 Å². The molecule has 0 radical (unpaired) electrons. The molecule has 0 saturated carbocycles. The van der Waals surface area contributed by atoms with Crippen LogP contribution in [-0.2, 0) is 20.8 Å². The highest BCUT2D eigenvalue weighted by atomic mass is 16.2. The average Bonchev–Trinajstić information content (AvgIpc) is 3.20. The number of pyridine rings is 1. The molecule has 32 heavy (non-hydrogen) atoms. The van der Waals surface area contributed by atoms with E-state index < -0.39 is 36.9 Å². The van der Waals surface area contributed by atoms with Crippen molar-refractivity contribution < 1.29 is 18.5 Å². The second-order valence-electron chi connectivity index (χ2n) is 8.11. The lowest BCUT2D eigenvalue weighted by Crippen LogP contribution is -2.58. The van der Waals surface area contributed by atoms with Gasteiger partial charge in [-0.05, 0) is 43.1 Å². The molecule has 0 fully saturated rings. The van der Waals surface area contributed by atoms with Gasteiger partial charge in [-0.2, -0.15) is 0 Å². The summed E-state index contributed by atoms with van der Waals surface area (Å²) in [6, 6.07) is 9.65. The van der Waals surface area contributed by atoms with Gasteiger partial charge in [0.25, 0.3) is 5.91 Å². The molecule has 8 nitrogen and oxygen atoms in total. The first-order valence-electron chi connectivity index (χ1n) is 12.2. The van der Waals surface area contributed by atoms with Gasteiger partial charge in [0, 0.05) is 22.4 Å². The molecule has 0 spiro atoms. The third-order valence-corrected chi connectivity index (χ3v) is 5.53. The first kappa shape index (κ1) is 19.4. The fraction of sp³-hybridized carbons (Fsp3) is 0.417. The molecule has 3 rings (SSSR count). The predicted molar refractivity (Wildman–Crippen MR) is 124 cm³/mol. The summed E-state index contributed by atoms with van der Waals surface area (Å²) in [5, 5.41) is 7.86. The molecule has 0 unspecified atom stereocenters. The number of nitrogens with one attached hydrogen (secondary N) is 3. The molecule has 2 aromatic rings. The number of amides is 3. The van der Waals surface area contributed by atoms with Gasteiger partial charge in [0.2, 0.25) is 11.8 Å². The molecule has 0 saturated heterocycles. The molecule has 2 heterocycles. The van der Waals surface area contributed by atoms with E-state index in [4.69, 9.17) is 4.11 Å². The minimum atomic E-state index is -2.51. The molecule has 8 heteroatoms. The Morgan fingerprint density at radius 3 is 2.59 bits per heavy atom. The predicted octanol–water partition coefficient (Wildman–Crippen LogP) is 2.12. The van der Waals surface area contributed by atoms with Gasteiger partial charge in [-0.3, -0.25) is 19.3 Å². The lowest BCUT2D eigenvalue weighted by atomic mass is 10.0. The molecule has 1 aromatic heterocycles. The Kier molecular flexibility index (Phi) is 6.29. The molecule has 3 amide bonds. The quantitative estimate of drug-likeness (QED) is 0.583. The van der Waals surface area contributed by atoms with Gasteiger partial charge in [0.15, 0.2) is 0 Å². The summed E-state index contributed by atoms with van der Waals surface area (Å²) in [6.45, 7) is 2.72. The maximum Gasteiger partial charge on any atom is 0.251 e. The van der Waals surface area contributed by atoms with Crippen LogP contribution in [-0.4, -0.2) is 47.8 Å². The number of benzene rings is 1. The molecule has 1 aromatic carbocycles. The standard InChI is InChI=1S/C24H31N5O3/c1-5-18(25-4)22(30)28-20(15(2)3)24(32)29-19(14-16-10-9-13-26-21(16)29)23(31)27-17-11-7-6-8-12-17/h6-13,15,18-20,25H,5,14H2,1-4H3,(H,27,31)(H,28,30)/t18-,19-,20-/m0/s1/i4D3. The first-order chi connectivity index (χ1) is 16.5. The number of carbonyl (C=O) groups is 3. The number of para-hydroxylation sites is 1. The molecular formula is C24H31N5O3. The Labute approximate surface area is 193 Å². The van der Waals surface area contributed by atoms with E-state index >= 15 is 0 Å². The molecule has 3 N–H and O–H groups in total. The summed E-state index contributed by atoms with van der Waals surface area (Å²) < 4.78 is 22.2. The summed E-state index contributed by atoms with van der Waals surface area (Å²) in [5.41, 5.74) is 1.35. The number of likely N-dealkylation sites (N-methyl/N-ethyl adjacent to an activating group) is 1. The third-order valence-electron chi connectivity index (χ3n) is 5.53. The Bertz CT molecular complexity index is 1060. The number of nitrogens with zero attached hydrogens (tertiary/aromatic N) is 2. The maximum absolute atomic E-state index is 13.8. The summed E-state index contributed by atoms with van der Waals surface area (Å²) in [5.74, 6) is -1.41. The van der Waals surface area contributed by atoms with E-state index in [2.05, 4.69) is 20.9 Å². The van der Waals surface area contributed by atoms with E-state index in [0.717, 1.165) is 5.56 Å². The number of hydrogen-bond acceptors (Lipinski definition) is 5. The van der Waals surface area contributed by atoms with Gasteiger partial charge in [0.05, 0.1) is 6.04 Å². The highest BCUT2D eigenvalue weighted by Crippen LogP contribution is 2.32. The second-order valence-corrected chi connectivity index (χ2v) is 8.11. The van der Waals surface area contributed by atoms with Crippen molar-refractivity contribution in [3.63, 3.8) is 0 Å². The van der Waals surface area contributed by atoms with Crippen molar-refractivity contribution in [2.45, 2.75) is 51.7 Å². The zero-order valence-electron chi connectivity index (χ0n) is 21.5. The van der Waals surface area contributed by atoms with E-state index in [9.17, 15) is 14.4 Å². The van der Waals surface area contributed by atoms with Gasteiger partial charge >= 0.3 is 0 Å². The molecular weight excluding hydrogens is 406 g/mol. The van der Waals surface area contributed by atoms with Gasteiger partial charge < -0.3 is 16.0 Å². The number of hydrogen-bond donors (Lipinski definition) is 3. The van der Waals surface area contributed by atoms with E-state index in [-0.39, 0.29) is 24.7 Å².